The smallest absolute Gasteiger partial charge is 0.117 e. The standard InChI is InChI=1S/C20H23ClN4O/c1-20(2,14-26)22-12-18-19(16-8-4-3-5-9-16)24-25(23-18)13-15-7-6-10-17(21)11-15/h3-11,22,26H,12-14H2,1-2H3. The number of nitrogens with zero attached hydrogens (tertiary/aromatic N) is 3. The Morgan fingerprint density at radius 2 is 1.85 bits per heavy atom. The third-order valence-electron chi connectivity index (χ3n) is 4.11. The van der Waals surface area contributed by atoms with Crippen LogP contribution in [0, 0.1) is 0 Å². The summed E-state index contributed by atoms with van der Waals surface area (Å²) in [6, 6.07) is 17.7. The minimum atomic E-state index is -0.384. The molecule has 0 radical (unpaired) electrons. The molecule has 0 aliphatic rings. The van der Waals surface area contributed by atoms with Crippen LogP contribution in [-0.4, -0.2) is 32.2 Å². The Bertz CT molecular complexity index is 861. The molecule has 0 saturated heterocycles. The number of nitrogens with one attached hydrogen (secondary N) is 1. The zero-order chi connectivity index (χ0) is 18.6. The van der Waals surface area contributed by atoms with E-state index in [1.165, 1.54) is 0 Å². The lowest BCUT2D eigenvalue weighted by Crippen LogP contribution is -2.42. The fourth-order valence-electron chi connectivity index (χ4n) is 2.57. The van der Waals surface area contributed by atoms with Crippen molar-refractivity contribution >= 4 is 11.6 Å². The zero-order valence-electron chi connectivity index (χ0n) is 15.0. The molecule has 0 aliphatic carbocycles. The highest BCUT2D eigenvalue weighted by Gasteiger charge is 2.19. The molecule has 0 fully saturated rings. The Balaban J connectivity index is 1.89. The van der Waals surface area contributed by atoms with Gasteiger partial charge >= 0.3 is 0 Å². The van der Waals surface area contributed by atoms with Gasteiger partial charge in [0.2, 0.25) is 0 Å². The summed E-state index contributed by atoms with van der Waals surface area (Å²) in [6.07, 6.45) is 0. The Hall–Kier alpha value is -2.21. The van der Waals surface area contributed by atoms with Crippen molar-refractivity contribution in [3.8, 4) is 11.3 Å². The second-order valence-electron chi connectivity index (χ2n) is 6.92. The number of hydrogen-bond donors (Lipinski definition) is 2. The van der Waals surface area contributed by atoms with Crippen molar-refractivity contribution in [2.45, 2.75) is 32.5 Å². The first kappa shape index (κ1) is 18.6. The SMILES string of the molecule is CC(C)(CO)NCc1nn(Cc2cccc(Cl)c2)nc1-c1ccccc1. The van der Waals surface area contributed by atoms with Gasteiger partial charge in [0.05, 0.1) is 13.2 Å². The first-order chi connectivity index (χ1) is 12.5. The van der Waals surface area contributed by atoms with Gasteiger partial charge in [0.25, 0.3) is 0 Å². The third kappa shape index (κ3) is 4.69. The minimum absolute atomic E-state index is 0.0460. The minimum Gasteiger partial charge on any atom is -0.394 e. The monoisotopic (exact) mass is 370 g/mol. The number of benzene rings is 2. The molecule has 1 heterocycles. The van der Waals surface area contributed by atoms with Gasteiger partial charge in [0.15, 0.2) is 0 Å². The Labute approximate surface area is 158 Å². The molecule has 0 aliphatic heterocycles. The fraction of sp³-hybridized carbons (Fsp3) is 0.300. The molecule has 2 N–H and O–H groups in total. The Kier molecular flexibility index (Phi) is 5.71. The summed E-state index contributed by atoms with van der Waals surface area (Å²) in [4.78, 5) is 1.69. The molecule has 3 rings (SSSR count). The number of rotatable bonds is 7. The molecule has 0 saturated carbocycles. The molecule has 3 aromatic rings. The molecule has 0 atom stereocenters. The van der Waals surface area contributed by atoms with E-state index in [1.54, 1.807) is 4.80 Å². The quantitative estimate of drug-likeness (QED) is 0.668. The molecule has 0 spiro atoms. The largest absolute Gasteiger partial charge is 0.394 e. The second kappa shape index (κ2) is 7.99. The average molecular weight is 371 g/mol. The van der Waals surface area contributed by atoms with Gasteiger partial charge in [-0.1, -0.05) is 54.1 Å². The summed E-state index contributed by atoms with van der Waals surface area (Å²) in [5.74, 6) is 0. The van der Waals surface area contributed by atoms with Gasteiger partial charge in [-0.25, -0.2) is 0 Å². The van der Waals surface area contributed by atoms with Crippen molar-refractivity contribution in [2.75, 3.05) is 6.61 Å². The van der Waals surface area contributed by atoms with E-state index >= 15 is 0 Å². The molecule has 5 nitrogen and oxygen atoms in total. The van der Waals surface area contributed by atoms with Gasteiger partial charge in [-0.05, 0) is 31.5 Å². The highest BCUT2D eigenvalue weighted by Crippen LogP contribution is 2.21. The van der Waals surface area contributed by atoms with Crippen LogP contribution in [0.15, 0.2) is 54.6 Å². The molecule has 0 amide bonds. The zero-order valence-corrected chi connectivity index (χ0v) is 15.7. The predicted molar refractivity (Wildman–Crippen MR) is 104 cm³/mol. The van der Waals surface area contributed by atoms with Crippen LogP contribution in [0.5, 0.6) is 0 Å². The molecular formula is C20H23ClN4O. The number of aliphatic hydroxyl groups excluding tert-OH is 1. The lowest BCUT2D eigenvalue weighted by molar-refractivity contribution is 0.187. The Morgan fingerprint density at radius 1 is 1.08 bits per heavy atom. The lowest BCUT2D eigenvalue weighted by Gasteiger charge is -2.23. The summed E-state index contributed by atoms with van der Waals surface area (Å²) in [5, 5.41) is 22.9. The normalized spacial score (nSPS) is 11.7. The van der Waals surface area contributed by atoms with Crippen molar-refractivity contribution in [3.63, 3.8) is 0 Å². The van der Waals surface area contributed by atoms with Crippen molar-refractivity contribution in [1.82, 2.24) is 20.3 Å². The van der Waals surface area contributed by atoms with E-state index < -0.39 is 0 Å². The second-order valence-corrected chi connectivity index (χ2v) is 7.35. The molecule has 6 heteroatoms. The van der Waals surface area contributed by atoms with Gasteiger partial charge in [0.1, 0.15) is 11.4 Å². The van der Waals surface area contributed by atoms with Gasteiger partial charge in [-0.3, -0.25) is 0 Å². The lowest BCUT2D eigenvalue weighted by atomic mass is 10.1. The summed E-state index contributed by atoms with van der Waals surface area (Å²) in [6.45, 7) is 5.01. The molecule has 0 bridgehead atoms. The molecule has 0 unspecified atom stereocenters. The Morgan fingerprint density at radius 3 is 2.54 bits per heavy atom. The van der Waals surface area contributed by atoms with Crippen LogP contribution in [0.25, 0.3) is 11.3 Å². The van der Waals surface area contributed by atoms with Crippen molar-refractivity contribution in [2.24, 2.45) is 0 Å². The van der Waals surface area contributed by atoms with E-state index in [2.05, 4.69) is 10.4 Å². The number of aromatic nitrogens is 3. The highest BCUT2D eigenvalue weighted by atomic mass is 35.5. The van der Waals surface area contributed by atoms with Crippen LogP contribution >= 0.6 is 11.6 Å². The highest BCUT2D eigenvalue weighted by molar-refractivity contribution is 6.30. The van der Waals surface area contributed by atoms with Crippen LogP contribution in [0.4, 0.5) is 0 Å². The van der Waals surface area contributed by atoms with Gasteiger partial charge in [0, 0.05) is 22.7 Å². The van der Waals surface area contributed by atoms with Gasteiger partial charge in [-0.15, -0.1) is 0 Å². The molecule has 1 aromatic heterocycles. The summed E-state index contributed by atoms with van der Waals surface area (Å²) in [5.41, 5.74) is 3.37. The van der Waals surface area contributed by atoms with Gasteiger partial charge < -0.3 is 10.4 Å². The fourth-order valence-corrected chi connectivity index (χ4v) is 2.78. The van der Waals surface area contributed by atoms with E-state index in [0.29, 0.717) is 18.1 Å². The summed E-state index contributed by atoms with van der Waals surface area (Å²) < 4.78 is 0. The van der Waals surface area contributed by atoms with Crippen LogP contribution in [0.3, 0.4) is 0 Å². The number of aliphatic hydroxyl groups is 1. The topological polar surface area (TPSA) is 63.0 Å². The number of hydrogen-bond acceptors (Lipinski definition) is 4. The van der Waals surface area contributed by atoms with Crippen molar-refractivity contribution < 1.29 is 5.11 Å². The van der Waals surface area contributed by atoms with Crippen LogP contribution in [-0.2, 0) is 13.1 Å². The first-order valence-corrected chi connectivity index (χ1v) is 8.94. The molecule has 136 valence electrons. The molecule has 26 heavy (non-hydrogen) atoms. The van der Waals surface area contributed by atoms with Crippen molar-refractivity contribution in [1.29, 1.82) is 0 Å². The van der Waals surface area contributed by atoms with Gasteiger partial charge in [-0.2, -0.15) is 15.0 Å². The van der Waals surface area contributed by atoms with E-state index in [1.807, 2.05) is 68.4 Å². The maximum atomic E-state index is 9.47. The third-order valence-corrected chi connectivity index (χ3v) is 4.35. The molecular weight excluding hydrogens is 348 g/mol. The van der Waals surface area contributed by atoms with Crippen LogP contribution < -0.4 is 5.32 Å². The first-order valence-electron chi connectivity index (χ1n) is 8.56. The maximum Gasteiger partial charge on any atom is 0.117 e. The van der Waals surface area contributed by atoms with Crippen LogP contribution in [0.1, 0.15) is 25.1 Å². The van der Waals surface area contributed by atoms with Crippen LogP contribution in [0.2, 0.25) is 5.02 Å². The van der Waals surface area contributed by atoms with E-state index in [9.17, 15) is 5.11 Å². The summed E-state index contributed by atoms with van der Waals surface area (Å²) >= 11 is 6.08. The average Bonchev–Trinajstić information content (AvgIpc) is 3.04. The predicted octanol–water partition coefficient (Wildman–Crippen LogP) is 3.51. The van der Waals surface area contributed by atoms with E-state index in [-0.39, 0.29) is 12.1 Å². The maximum absolute atomic E-state index is 9.47. The van der Waals surface area contributed by atoms with E-state index in [4.69, 9.17) is 16.7 Å². The summed E-state index contributed by atoms with van der Waals surface area (Å²) in [7, 11) is 0. The number of halogens is 1. The van der Waals surface area contributed by atoms with E-state index in [0.717, 1.165) is 22.5 Å². The molecule has 2 aromatic carbocycles. The van der Waals surface area contributed by atoms with Crippen molar-refractivity contribution in [3.05, 3.63) is 70.9 Å².